The second-order valence-electron chi connectivity index (χ2n) is 4.48. The molecule has 0 aromatic heterocycles. The lowest BCUT2D eigenvalue weighted by molar-refractivity contribution is -0.119. The van der Waals surface area contributed by atoms with E-state index in [2.05, 4.69) is 5.32 Å². The summed E-state index contributed by atoms with van der Waals surface area (Å²) in [6.45, 7) is 1.99. The number of hydrogen-bond donors (Lipinski definition) is 1. The van der Waals surface area contributed by atoms with E-state index in [4.69, 9.17) is 11.6 Å². The van der Waals surface area contributed by atoms with Crippen LogP contribution in [0.25, 0.3) is 0 Å². The number of allylic oxidation sites excluding steroid dienone is 1. The van der Waals surface area contributed by atoms with Gasteiger partial charge in [-0.3, -0.25) is 4.79 Å². The summed E-state index contributed by atoms with van der Waals surface area (Å²) in [4.78, 5) is 11.9. The monoisotopic (exact) mass is 249 g/mol. The molecule has 0 spiro atoms. The summed E-state index contributed by atoms with van der Waals surface area (Å²) < 4.78 is 0. The van der Waals surface area contributed by atoms with Gasteiger partial charge in [0.25, 0.3) is 0 Å². The van der Waals surface area contributed by atoms with Crippen LogP contribution in [-0.2, 0) is 4.79 Å². The molecule has 3 heteroatoms. The first kappa shape index (κ1) is 12.2. The quantitative estimate of drug-likeness (QED) is 0.802. The topological polar surface area (TPSA) is 29.1 Å². The highest BCUT2D eigenvalue weighted by atomic mass is 35.5. The average molecular weight is 250 g/mol. The Morgan fingerprint density at radius 2 is 2.29 bits per heavy atom. The molecule has 1 aliphatic rings. The van der Waals surface area contributed by atoms with Gasteiger partial charge in [-0.2, -0.15) is 0 Å². The maximum absolute atomic E-state index is 11.9. The zero-order valence-corrected chi connectivity index (χ0v) is 10.6. The molecule has 0 amide bonds. The maximum atomic E-state index is 11.9. The molecule has 1 saturated carbocycles. The van der Waals surface area contributed by atoms with Crippen molar-refractivity contribution < 1.29 is 4.79 Å². The highest BCUT2D eigenvalue weighted by Crippen LogP contribution is 2.25. The number of ketones is 1. The summed E-state index contributed by atoms with van der Waals surface area (Å²) in [6, 6.07) is 7.48. The average Bonchev–Trinajstić information content (AvgIpc) is 2.31. The molecule has 1 aromatic carbocycles. The molecule has 1 N–H and O–H groups in total. The standard InChI is InChI=1S/C14H16ClNO/c1-10-4-2-5-11(14(10)17)9-16-13-7-3-6-12(15)8-13/h3,6-10,16H,2,4-5H2,1H3/b11-9-/t10-/m1/s1. The molecule has 1 aliphatic carbocycles. The number of carbonyl (C=O) groups excluding carboxylic acids is 1. The minimum Gasteiger partial charge on any atom is -0.361 e. The molecule has 1 fully saturated rings. The van der Waals surface area contributed by atoms with E-state index < -0.39 is 0 Å². The van der Waals surface area contributed by atoms with Crippen LogP contribution in [0.1, 0.15) is 26.2 Å². The molecule has 0 unspecified atom stereocenters. The van der Waals surface area contributed by atoms with Gasteiger partial charge in [0.15, 0.2) is 5.78 Å². The molecule has 90 valence electrons. The number of carbonyl (C=O) groups is 1. The van der Waals surface area contributed by atoms with Crippen molar-refractivity contribution in [3.63, 3.8) is 0 Å². The number of halogens is 1. The highest BCUT2D eigenvalue weighted by Gasteiger charge is 2.22. The Morgan fingerprint density at radius 3 is 3.06 bits per heavy atom. The van der Waals surface area contributed by atoms with Gasteiger partial charge >= 0.3 is 0 Å². The van der Waals surface area contributed by atoms with Crippen LogP contribution < -0.4 is 5.32 Å². The molecule has 2 rings (SSSR count). The van der Waals surface area contributed by atoms with Gasteiger partial charge in [0.1, 0.15) is 0 Å². The van der Waals surface area contributed by atoms with E-state index in [0.29, 0.717) is 5.02 Å². The number of benzene rings is 1. The van der Waals surface area contributed by atoms with Crippen LogP contribution in [0.4, 0.5) is 5.69 Å². The largest absolute Gasteiger partial charge is 0.361 e. The summed E-state index contributed by atoms with van der Waals surface area (Å²) in [5.74, 6) is 0.432. The first-order valence-electron chi connectivity index (χ1n) is 5.92. The Hall–Kier alpha value is -1.28. The molecule has 0 radical (unpaired) electrons. The fraction of sp³-hybridized carbons (Fsp3) is 0.357. The van der Waals surface area contributed by atoms with Crippen LogP contribution in [0.5, 0.6) is 0 Å². The van der Waals surface area contributed by atoms with E-state index in [1.807, 2.05) is 37.4 Å². The Morgan fingerprint density at radius 1 is 1.47 bits per heavy atom. The number of nitrogens with one attached hydrogen (secondary N) is 1. The molecule has 0 heterocycles. The van der Waals surface area contributed by atoms with Gasteiger partial charge in [-0.25, -0.2) is 0 Å². The van der Waals surface area contributed by atoms with Gasteiger partial charge in [-0.05, 0) is 37.5 Å². The summed E-state index contributed by atoms with van der Waals surface area (Å²) in [5, 5.41) is 3.83. The van der Waals surface area contributed by atoms with Crippen LogP contribution in [-0.4, -0.2) is 5.78 Å². The lowest BCUT2D eigenvalue weighted by atomic mass is 9.86. The number of anilines is 1. The van der Waals surface area contributed by atoms with Crippen LogP contribution >= 0.6 is 11.6 Å². The smallest absolute Gasteiger partial charge is 0.163 e. The molecule has 2 nitrogen and oxygen atoms in total. The Labute approximate surface area is 107 Å². The fourth-order valence-electron chi connectivity index (χ4n) is 2.06. The summed E-state index contributed by atoms with van der Waals surface area (Å²) in [7, 11) is 0. The summed E-state index contributed by atoms with van der Waals surface area (Å²) >= 11 is 5.89. The van der Waals surface area contributed by atoms with Crippen LogP contribution in [0.15, 0.2) is 36.0 Å². The molecular weight excluding hydrogens is 234 g/mol. The number of rotatable bonds is 2. The predicted molar refractivity (Wildman–Crippen MR) is 71.2 cm³/mol. The maximum Gasteiger partial charge on any atom is 0.163 e. The second-order valence-corrected chi connectivity index (χ2v) is 4.92. The lowest BCUT2D eigenvalue weighted by Gasteiger charge is -2.19. The van der Waals surface area contributed by atoms with Crippen molar-refractivity contribution in [3.8, 4) is 0 Å². The Kier molecular flexibility index (Phi) is 3.85. The molecule has 1 atom stereocenters. The molecule has 0 saturated heterocycles. The van der Waals surface area contributed by atoms with Gasteiger partial charge in [0, 0.05) is 28.4 Å². The van der Waals surface area contributed by atoms with Crippen molar-refractivity contribution in [2.24, 2.45) is 5.92 Å². The van der Waals surface area contributed by atoms with E-state index >= 15 is 0 Å². The molecule has 0 aliphatic heterocycles. The van der Waals surface area contributed by atoms with Crippen molar-refractivity contribution in [1.29, 1.82) is 0 Å². The first-order chi connectivity index (χ1) is 8.16. The van der Waals surface area contributed by atoms with Crippen molar-refractivity contribution in [2.75, 3.05) is 5.32 Å². The number of hydrogen-bond acceptors (Lipinski definition) is 2. The van der Waals surface area contributed by atoms with Crippen LogP contribution in [0.2, 0.25) is 5.02 Å². The van der Waals surface area contributed by atoms with Gasteiger partial charge in [-0.1, -0.05) is 24.6 Å². The van der Waals surface area contributed by atoms with E-state index in [1.165, 1.54) is 0 Å². The van der Waals surface area contributed by atoms with E-state index in [9.17, 15) is 4.79 Å². The Bertz CT molecular complexity index is 453. The highest BCUT2D eigenvalue weighted by molar-refractivity contribution is 6.30. The molecule has 17 heavy (non-hydrogen) atoms. The van der Waals surface area contributed by atoms with Crippen molar-refractivity contribution >= 4 is 23.1 Å². The molecular formula is C14H16ClNO. The third-order valence-electron chi connectivity index (χ3n) is 3.09. The number of Topliss-reactive ketones (excluding diaryl/α,β-unsaturated/α-hetero) is 1. The summed E-state index contributed by atoms with van der Waals surface area (Å²) in [5.41, 5.74) is 1.81. The minimum absolute atomic E-state index is 0.163. The second kappa shape index (κ2) is 5.37. The SMILES string of the molecule is C[C@@H]1CCC/C(=C/Nc2cccc(Cl)c2)C1=O. The molecule has 0 bridgehead atoms. The first-order valence-corrected chi connectivity index (χ1v) is 6.30. The third-order valence-corrected chi connectivity index (χ3v) is 3.32. The zero-order valence-electron chi connectivity index (χ0n) is 9.87. The van der Waals surface area contributed by atoms with Crippen LogP contribution in [0.3, 0.4) is 0 Å². The van der Waals surface area contributed by atoms with Crippen LogP contribution in [0, 0.1) is 5.92 Å². The van der Waals surface area contributed by atoms with Gasteiger partial charge in [-0.15, -0.1) is 0 Å². The van der Waals surface area contributed by atoms with Gasteiger partial charge in [0.2, 0.25) is 0 Å². The van der Waals surface area contributed by atoms with Crippen molar-refractivity contribution in [1.82, 2.24) is 0 Å². The third kappa shape index (κ3) is 3.10. The van der Waals surface area contributed by atoms with Crippen molar-refractivity contribution in [2.45, 2.75) is 26.2 Å². The predicted octanol–water partition coefficient (Wildman–Crippen LogP) is 4.02. The molecule has 1 aromatic rings. The van der Waals surface area contributed by atoms with E-state index in [0.717, 1.165) is 30.5 Å². The lowest BCUT2D eigenvalue weighted by Crippen LogP contribution is -2.19. The van der Waals surface area contributed by atoms with Gasteiger partial charge < -0.3 is 5.32 Å². The summed E-state index contributed by atoms with van der Waals surface area (Å²) in [6.07, 6.45) is 4.80. The van der Waals surface area contributed by atoms with E-state index in [1.54, 1.807) is 0 Å². The van der Waals surface area contributed by atoms with Gasteiger partial charge in [0.05, 0.1) is 0 Å². The Balaban J connectivity index is 2.07. The normalized spacial score (nSPS) is 22.8. The van der Waals surface area contributed by atoms with Crippen molar-refractivity contribution in [3.05, 3.63) is 41.1 Å². The minimum atomic E-state index is 0.163. The van der Waals surface area contributed by atoms with E-state index in [-0.39, 0.29) is 11.7 Å². The zero-order chi connectivity index (χ0) is 12.3. The fourth-order valence-corrected chi connectivity index (χ4v) is 2.25.